The first-order chi connectivity index (χ1) is 7.48. The Labute approximate surface area is 95.9 Å². The maximum atomic E-state index is 12.8. The first-order valence-electron chi connectivity index (χ1n) is 5.18. The average molecular weight is 248 g/mol. The highest BCUT2D eigenvalue weighted by atomic mass is 32.1. The number of aromatic amines is 1. The minimum atomic E-state index is -4.41. The van der Waals surface area contributed by atoms with Crippen molar-refractivity contribution in [2.45, 2.75) is 38.3 Å². The zero-order valence-corrected chi connectivity index (χ0v) is 9.34. The normalized spacial score (nSPS) is 16.7. The van der Waals surface area contributed by atoms with Gasteiger partial charge >= 0.3 is 6.18 Å². The lowest BCUT2D eigenvalue weighted by Crippen LogP contribution is -2.15. The molecule has 1 aromatic rings. The van der Waals surface area contributed by atoms with Crippen LogP contribution in [0.3, 0.4) is 0 Å². The summed E-state index contributed by atoms with van der Waals surface area (Å²) >= 11 is 4.73. The van der Waals surface area contributed by atoms with E-state index in [0.717, 1.165) is 19.3 Å². The van der Waals surface area contributed by atoms with Gasteiger partial charge in [0.1, 0.15) is 0 Å². The lowest BCUT2D eigenvalue weighted by atomic mass is 10.1. The number of H-pyrrole nitrogens is 1. The minimum Gasteiger partial charge on any atom is -0.334 e. The van der Waals surface area contributed by atoms with Crippen LogP contribution < -0.4 is 0 Å². The van der Waals surface area contributed by atoms with Gasteiger partial charge < -0.3 is 4.98 Å². The van der Waals surface area contributed by atoms with Crippen LogP contribution >= 0.6 is 12.2 Å². The Bertz CT molecular complexity index is 450. The molecule has 0 atom stereocenters. The molecule has 6 heteroatoms. The molecule has 1 heterocycles. The quantitative estimate of drug-likeness (QED) is 0.563. The van der Waals surface area contributed by atoms with Gasteiger partial charge in [-0.25, -0.2) is 4.98 Å². The highest BCUT2D eigenvalue weighted by Crippen LogP contribution is 2.33. The highest BCUT2D eigenvalue weighted by Gasteiger charge is 2.36. The van der Waals surface area contributed by atoms with E-state index in [-0.39, 0.29) is 4.77 Å². The molecule has 0 fully saturated rings. The molecule has 0 bridgehead atoms. The number of nitrogens with zero attached hydrogens (tertiary/aromatic N) is 1. The molecule has 0 saturated carbocycles. The lowest BCUT2D eigenvalue weighted by molar-refractivity contribution is -0.142. The molecular formula is C10H11F3N2S. The van der Waals surface area contributed by atoms with Crippen molar-refractivity contribution in [2.24, 2.45) is 0 Å². The van der Waals surface area contributed by atoms with Crippen LogP contribution in [-0.4, -0.2) is 9.97 Å². The standard InChI is InChI=1S/C10H11F3N2S/c11-10(12,13)8-6-4-2-1-3-5-7(6)14-9(16)15-8/h1-5H2,(H,14,15,16). The molecular weight excluding hydrogens is 237 g/mol. The van der Waals surface area contributed by atoms with Crippen LogP contribution in [0.25, 0.3) is 0 Å². The number of hydrogen-bond acceptors (Lipinski definition) is 2. The van der Waals surface area contributed by atoms with Crippen LogP contribution in [0.5, 0.6) is 0 Å². The SMILES string of the molecule is FC(F)(F)c1nc(=S)[nH]c2c1CCCCC2. The summed E-state index contributed by atoms with van der Waals surface area (Å²) in [6, 6.07) is 0. The number of nitrogens with one attached hydrogen (secondary N) is 1. The smallest absolute Gasteiger partial charge is 0.334 e. The molecule has 0 radical (unpaired) electrons. The van der Waals surface area contributed by atoms with Crippen LogP contribution in [0.2, 0.25) is 0 Å². The largest absolute Gasteiger partial charge is 0.433 e. The van der Waals surface area contributed by atoms with Crippen molar-refractivity contribution >= 4 is 12.2 Å². The van der Waals surface area contributed by atoms with Crippen LogP contribution in [0.4, 0.5) is 13.2 Å². The van der Waals surface area contributed by atoms with Gasteiger partial charge in [0.2, 0.25) is 0 Å². The van der Waals surface area contributed by atoms with E-state index in [1.54, 1.807) is 0 Å². The Morgan fingerprint density at radius 2 is 1.81 bits per heavy atom. The van der Waals surface area contributed by atoms with E-state index in [1.165, 1.54) is 0 Å². The van der Waals surface area contributed by atoms with Crippen LogP contribution in [0.15, 0.2) is 0 Å². The predicted molar refractivity (Wildman–Crippen MR) is 55.7 cm³/mol. The maximum Gasteiger partial charge on any atom is 0.433 e. The monoisotopic (exact) mass is 248 g/mol. The Hall–Kier alpha value is -0.910. The summed E-state index contributed by atoms with van der Waals surface area (Å²) in [5.41, 5.74) is 0.122. The van der Waals surface area contributed by atoms with Gasteiger partial charge in [0.15, 0.2) is 10.5 Å². The van der Waals surface area contributed by atoms with E-state index in [4.69, 9.17) is 12.2 Å². The molecule has 0 aliphatic heterocycles. The fourth-order valence-corrected chi connectivity index (χ4v) is 2.26. The van der Waals surface area contributed by atoms with E-state index in [1.807, 2.05) is 0 Å². The summed E-state index contributed by atoms with van der Waals surface area (Å²) in [5.74, 6) is 0. The van der Waals surface area contributed by atoms with E-state index >= 15 is 0 Å². The summed E-state index contributed by atoms with van der Waals surface area (Å²) in [6.45, 7) is 0. The summed E-state index contributed by atoms with van der Waals surface area (Å²) in [5, 5.41) is 0. The van der Waals surface area contributed by atoms with Gasteiger partial charge in [0.25, 0.3) is 0 Å². The van der Waals surface area contributed by atoms with Crippen LogP contribution in [-0.2, 0) is 19.0 Å². The first kappa shape index (κ1) is 11.6. The van der Waals surface area contributed by atoms with Crippen molar-refractivity contribution in [2.75, 3.05) is 0 Å². The molecule has 1 N–H and O–H groups in total. The Kier molecular flexibility index (Phi) is 3.01. The molecule has 16 heavy (non-hydrogen) atoms. The van der Waals surface area contributed by atoms with Crippen molar-refractivity contribution in [3.05, 3.63) is 21.7 Å². The summed E-state index contributed by atoms with van der Waals surface area (Å²) in [6.07, 6.45) is -0.709. The van der Waals surface area contributed by atoms with E-state index in [9.17, 15) is 13.2 Å². The van der Waals surface area contributed by atoms with Gasteiger partial charge in [-0.1, -0.05) is 6.42 Å². The topological polar surface area (TPSA) is 28.7 Å². The zero-order valence-electron chi connectivity index (χ0n) is 8.52. The number of fused-ring (bicyclic) bond motifs is 1. The van der Waals surface area contributed by atoms with Gasteiger partial charge in [-0.05, 0) is 37.9 Å². The average Bonchev–Trinajstić information content (AvgIpc) is 2.39. The second-order valence-corrected chi connectivity index (χ2v) is 4.29. The van der Waals surface area contributed by atoms with Gasteiger partial charge in [0, 0.05) is 11.3 Å². The fourth-order valence-electron chi connectivity index (χ4n) is 2.04. The van der Waals surface area contributed by atoms with Crippen molar-refractivity contribution < 1.29 is 13.2 Å². The second kappa shape index (κ2) is 4.16. The minimum absolute atomic E-state index is 0.0759. The number of alkyl halides is 3. The third-order valence-corrected chi connectivity index (χ3v) is 2.94. The van der Waals surface area contributed by atoms with Crippen LogP contribution in [0, 0.1) is 4.77 Å². The van der Waals surface area contributed by atoms with E-state index in [0.29, 0.717) is 24.1 Å². The van der Waals surface area contributed by atoms with E-state index < -0.39 is 11.9 Å². The molecule has 0 spiro atoms. The number of rotatable bonds is 0. The van der Waals surface area contributed by atoms with Crippen LogP contribution in [0.1, 0.15) is 36.2 Å². The number of aryl methyl sites for hydroxylation is 1. The molecule has 2 rings (SSSR count). The zero-order chi connectivity index (χ0) is 11.8. The predicted octanol–water partition coefficient (Wildman–Crippen LogP) is 3.43. The molecule has 2 nitrogen and oxygen atoms in total. The molecule has 1 aromatic heterocycles. The molecule has 0 unspecified atom stereocenters. The molecule has 0 aromatic carbocycles. The van der Waals surface area contributed by atoms with Crippen molar-refractivity contribution in [3.63, 3.8) is 0 Å². The third kappa shape index (κ3) is 2.26. The van der Waals surface area contributed by atoms with E-state index in [2.05, 4.69) is 9.97 Å². The second-order valence-electron chi connectivity index (χ2n) is 3.91. The molecule has 88 valence electrons. The Balaban J connectivity index is 2.60. The fraction of sp³-hybridized carbons (Fsp3) is 0.600. The highest BCUT2D eigenvalue weighted by molar-refractivity contribution is 7.71. The van der Waals surface area contributed by atoms with Gasteiger partial charge in [-0.3, -0.25) is 0 Å². The third-order valence-electron chi connectivity index (χ3n) is 2.74. The van der Waals surface area contributed by atoms with Crippen molar-refractivity contribution in [1.82, 2.24) is 9.97 Å². The molecule has 0 amide bonds. The maximum absolute atomic E-state index is 12.8. The number of halogens is 3. The summed E-state index contributed by atoms with van der Waals surface area (Å²) in [4.78, 5) is 6.22. The van der Waals surface area contributed by atoms with Crippen molar-refractivity contribution in [1.29, 1.82) is 0 Å². The summed E-state index contributed by atoms with van der Waals surface area (Å²) < 4.78 is 38.2. The molecule has 0 saturated heterocycles. The van der Waals surface area contributed by atoms with Crippen molar-refractivity contribution in [3.8, 4) is 0 Å². The Morgan fingerprint density at radius 3 is 2.50 bits per heavy atom. The van der Waals surface area contributed by atoms with Gasteiger partial charge in [-0.2, -0.15) is 13.2 Å². The molecule has 1 aliphatic rings. The number of hydrogen-bond donors (Lipinski definition) is 1. The lowest BCUT2D eigenvalue weighted by Gasteiger charge is -2.13. The first-order valence-corrected chi connectivity index (χ1v) is 5.58. The molecule has 1 aliphatic carbocycles. The summed E-state index contributed by atoms with van der Waals surface area (Å²) in [7, 11) is 0. The Morgan fingerprint density at radius 1 is 1.12 bits per heavy atom. The van der Waals surface area contributed by atoms with Gasteiger partial charge in [-0.15, -0.1) is 0 Å². The number of aromatic nitrogens is 2. The van der Waals surface area contributed by atoms with Gasteiger partial charge in [0.05, 0.1) is 0 Å².